The number of rotatable bonds is 5. The van der Waals surface area contributed by atoms with Crippen LogP contribution >= 0.6 is 46.6 Å². The fraction of sp³-hybridized carbons (Fsp3) is 0.125. The summed E-state index contributed by atoms with van der Waals surface area (Å²) in [7, 11) is 0. The standard InChI is InChI=1S/C16H13Cl3N4S/c17-10-1-2-12(13(18)5-10)15(8-23-4-3-21-9-23)24-16-14(19)6-11(20)7-22-16/h1-7,9,15H,8,20H2/t15-/m0/s1. The van der Waals surface area contributed by atoms with Gasteiger partial charge in [-0.3, -0.25) is 0 Å². The van der Waals surface area contributed by atoms with E-state index < -0.39 is 0 Å². The monoisotopic (exact) mass is 398 g/mol. The Morgan fingerprint density at radius 1 is 1.17 bits per heavy atom. The second-order valence-electron chi connectivity index (χ2n) is 5.09. The van der Waals surface area contributed by atoms with Crippen LogP contribution in [0.2, 0.25) is 15.1 Å². The average molecular weight is 400 g/mol. The predicted octanol–water partition coefficient (Wildman–Crippen LogP) is 5.35. The van der Waals surface area contributed by atoms with E-state index in [1.165, 1.54) is 11.8 Å². The molecule has 3 aromatic rings. The lowest BCUT2D eigenvalue weighted by Gasteiger charge is -2.19. The van der Waals surface area contributed by atoms with Gasteiger partial charge in [0.2, 0.25) is 0 Å². The van der Waals surface area contributed by atoms with Gasteiger partial charge in [0, 0.05) is 29.0 Å². The van der Waals surface area contributed by atoms with E-state index in [1.807, 2.05) is 22.9 Å². The Morgan fingerprint density at radius 3 is 2.67 bits per heavy atom. The van der Waals surface area contributed by atoms with E-state index in [2.05, 4.69) is 9.97 Å². The lowest BCUT2D eigenvalue weighted by molar-refractivity contribution is 0.682. The van der Waals surface area contributed by atoms with Gasteiger partial charge in [0.15, 0.2) is 0 Å². The molecule has 0 aliphatic carbocycles. The van der Waals surface area contributed by atoms with Crippen molar-refractivity contribution in [1.29, 1.82) is 0 Å². The van der Waals surface area contributed by atoms with E-state index in [9.17, 15) is 0 Å². The summed E-state index contributed by atoms with van der Waals surface area (Å²) in [5.74, 6) is 0. The molecule has 2 aromatic heterocycles. The highest BCUT2D eigenvalue weighted by Gasteiger charge is 2.19. The molecule has 1 aromatic carbocycles. The quantitative estimate of drug-likeness (QED) is 0.587. The molecule has 0 bridgehead atoms. The highest BCUT2D eigenvalue weighted by atomic mass is 35.5. The maximum atomic E-state index is 6.40. The summed E-state index contributed by atoms with van der Waals surface area (Å²) >= 11 is 20.2. The van der Waals surface area contributed by atoms with Crippen molar-refractivity contribution in [2.45, 2.75) is 16.8 Å². The molecule has 3 rings (SSSR count). The number of nitrogens with zero attached hydrogens (tertiary/aromatic N) is 3. The molecule has 0 saturated heterocycles. The first-order valence-corrected chi connectivity index (χ1v) is 9.02. The summed E-state index contributed by atoms with van der Waals surface area (Å²) in [5, 5.41) is 2.39. The SMILES string of the molecule is Nc1cnc(S[C@@H](Cn2ccnc2)c2ccc(Cl)cc2Cl)c(Cl)c1. The normalized spacial score (nSPS) is 12.3. The van der Waals surface area contributed by atoms with Gasteiger partial charge in [-0.05, 0) is 23.8 Å². The first-order chi connectivity index (χ1) is 11.5. The fourth-order valence-electron chi connectivity index (χ4n) is 2.21. The molecular weight excluding hydrogens is 387 g/mol. The lowest BCUT2D eigenvalue weighted by Crippen LogP contribution is -2.06. The first kappa shape index (κ1) is 17.4. The van der Waals surface area contributed by atoms with E-state index in [0.717, 1.165) is 5.56 Å². The molecule has 0 saturated carbocycles. The summed E-state index contributed by atoms with van der Waals surface area (Å²) in [6.45, 7) is 0.661. The number of thioether (sulfide) groups is 1. The Bertz CT molecular complexity index is 839. The average Bonchev–Trinajstić information content (AvgIpc) is 3.02. The fourth-order valence-corrected chi connectivity index (χ4v) is 4.26. The van der Waals surface area contributed by atoms with Crippen LogP contribution in [-0.4, -0.2) is 14.5 Å². The minimum atomic E-state index is -0.0161. The Morgan fingerprint density at radius 2 is 2.00 bits per heavy atom. The van der Waals surface area contributed by atoms with Crippen molar-refractivity contribution in [2.75, 3.05) is 5.73 Å². The molecule has 4 nitrogen and oxygen atoms in total. The third kappa shape index (κ3) is 4.16. The minimum Gasteiger partial charge on any atom is -0.397 e. The summed E-state index contributed by atoms with van der Waals surface area (Å²) in [6, 6.07) is 7.17. The van der Waals surface area contributed by atoms with Gasteiger partial charge < -0.3 is 10.3 Å². The molecule has 2 N–H and O–H groups in total. The highest BCUT2D eigenvalue weighted by Crippen LogP contribution is 2.42. The van der Waals surface area contributed by atoms with Gasteiger partial charge in [0.25, 0.3) is 0 Å². The topological polar surface area (TPSA) is 56.7 Å². The molecule has 0 radical (unpaired) electrons. The van der Waals surface area contributed by atoms with Gasteiger partial charge in [0.1, 0.15) is 5.03 Å². The van der Waals surface area contributed by atoms with Crippen LogP contribution in [0.25, 0.3) is 0 Å². The molecule has 1 atom stereocenters. The molecule has 0 fully saturated rings. The molecule has 0 spiro atoms. The van der Waals surface area contributed by atoms with Gasteiger partial charge in [-0.1, -0.05) is 52.6 Å². The van der Waals surface area contributed by atoms with E-state index in [1.54, 1.807) is 30.9 Å². The Labute approximate surface area is 159 Å². The number of halogens is 3. The number of pyridine rings is 1. The number of benzene rings is 1. The summed E-state index contributed by atoms with van der Waals surface area (Å²) in [5.41, 5.74) is 7.20. The number of nitrogens with two attached hydrogens (primary N) is 1. The van der Waals surface area contributed by atoms with Crippen LogP contribution in [0.4, 0.5) is 5.69 Å². The molecule has 0 amide bonds. The lowest BCUT2D eigenvalue weighted by atomic mass is 10.1. The van der Waals surface area contributed by atoms with E-state index in [0.29, 0.717) is 32.3 Å². The van der Waals surface area contributed by atoms with Crippen LogP contribution in [0.1, 0.15) is 10.8 Å². The third-order valence-electron chi connectivity index (χ3n) is 3.33. The Balaban J connectivity index is 1.95. The van der Waals surface area contributed by atoms with Crippen molar-refractivity contribution >= 4 is 52.3 Å². The van der Waals surface area contributed by atoms with E-state index in [4.69, 9.17) is 40.5 Å². The molecule has 0 aliphatic rings. The van der Waals surface area contributed by atoms with Crippen LogP contribution < -0.4 is 5.73 Å². The predicted molar refractivity (Wildman–Crippen MR) is 101 cm³/mol. The summed E-state index contributed by atoms with van der Waals surface area (Å²) in [4.78, 5) is 8.41. The van der Waals surface area contributed by atoms with Gasteiger partial charge in [-0.15, -0.1) is 0 Å². The number of imidazole rings is 1. The Kier molecular flexibility index (Phi) is 5.56. The maximum absolute atomic E-state index is 6.40. The van der Waals surface area contributed by atoms with Crippen LogP contribution in [-0.2, 0) is 6.54 Å². The number of anilines is 1. The molecule has 0 aliphatic heterocycles. The molecule has 0 unspecified atom stereocenters. The molecular formula is C16H13Cl3N4S. The zero-order chi connectivity index (χ0) is 17.1. The smallest absolute Gasteiger partial charge is 0.115 e. The summed E-state index contributed by atoms with van der Waals surface area (Å²) < 4.78 is 1.98. The first-order valence-electron chi connectivity index (χ1n) is 7.01. The molecule has 24 heavy (non-hydrogen) atoms. The van der Waals surface area contributed by atoms with E-state index >= 15 is 0 Å². The number of aromatic nitrogens is 3. The van der Waals surface area contributed by atoms with Crippen LogP contribution in [0.3, 0.4) is 0 Å². The molecule has 124 valence electrons. The number of nitrogen functional groups attached to an aromatic ring is 1. The van der Waals surface area contributed by atoms with Gasteiger partial charge >= 0.3 is 0 Å². The Hall–Kier alpha value is -1.40. The van der Waals surface area contributed by atoms with E-state index in [-0.39, 0.29) is 5.25 Å². The van der Waals surface area contributed by atoms with Gasteiger partial charge in [-0.2, -0.15) is 0 Å². The second kappa shape index (κ2) is 7.66. The summed E-state index contributed by atoms with van der Waals surface area (Å²) in [6.07, 6.45) is 6.98. The van der Waals surface area contributed by atoms with Crippen molar-refractivity contribution in [3.63, 3.8) is 0 Å². The third-order valence-corrected chi connectivity index (χ3v) is 5.53. The number of hydrogen-bond acceptors (Lipinski definition) is 4. The van der Waals surface area contributed by atoms with Crippen LogP contribution in [0.5, 0.6) is 0 Å². The van der Waals surface area contributed by atoms with Crippen molar-refractivity contribution in [3.8, 4) is 0 Å². The van der Waals surface area contributed by atoms with Gasteiger partial charge in [0.05, 0.1) is 28.5 Å². The van der Waals surface area contributed by atoms with Crippen molar-refractivity contribution in [2.24, 2.45) is 0 Å². The minimum absolute atomic E-state index is 0.0161. The highest BCUT2D eigenvalue weighted by molar-refractivity contribution is 7.99. The molecule has 8 heteroatoms. The van der Waals surface area contributed by atoms with Crippen molar-refractivity contribution < 1.29 is 0 Å². The zero-order valence-electron chi connectivity index (χ0n) is 12.4. The maximum Gasteiger partial charge on any atom is 0.115 e. The van der Waals surface area contributed by atoms with Crippen molar-refractivity contribution in [1.82, 2.24) is 14.5 Å². The number of hydrogen-bond donors (Lipinski definition) is 1. The zero-order valence-corrected chi connectivity index (χ0v) is 15.4. The molecule has 2 heterocycles. The van der Waals surface area contributed by atoms with Gasteiger partial charge in [-0.25, -0.2) is 9.97 Å². The van der Waals surface area contributed by atoms with Crippen LogP contribution in [0.15, 0.2) is 54.2 Å². The largest absolute Gasteiger partial charge is 0.397 e. The van der Waals surface area contributed by atoms with Crippen LogP contribution in [0, 0.1) is 0 Å². The van der Waals surface area contributed by atoms with Crippen molar-refractivity contribution in [3.05, 3.63) is 69.8 Å². The second-order valence-corrected chi connectivity index (χ2v) is 7.53.